The van der Waals surface area contributed by atoms with Gasteiger partial charge in [0.2, 0.25) is 5.91 Å². The van der Waals surface area contributed by atoms with Gasteiger partial charge >= 0.3 is 0 Å². The van der Waals surface area contributed by atoms with Crippen molar-refractivity contribution in [3.05, 3.63) is 41.0 Å². The van der Waals surface area contributed by atoms with Crippen LogP contribution in [0.4, 0.5) is 5.82 Å². The molecule has 2 N–H and O–H groups in total. The number of aromatic amines is 1. The number of halogens is 1. The molecular formula is C15H18ClN3OS. The summed E-state index contributed by atoms with van der Waals surface area (Å²) >= 11 is 7.56. The lowest BCUT2D eigenvalue weighted by Gasteiger charge is -2.05. The summed E-state index contributed by atoms with van der Waals surface area (Å²) in [6.45, 7) is 2.03. The molecule has 6 heteroatoms. The first-order chi connectivity index (χ1) is 10.2. The number of aryl methyl sites for hydroxylation is 1. The maximum absolute atomic E-state index is 11.8. The lowest BCUT2D eigenvalue weighted by Crippen LogP contribution is -2.12. The fourth-order valence-corrected chi connectivity index (χ4v) is 2.82. The van der Waals surface area contributed by atoms with Crippen molar-refractivity contribution in [2.24, 2.45) is 0 Å². The first-order valence-electron chi connectivity index (χ1n) is 6.89. The quantitative estimate of drug-likeness (QED) is 0.595. The molecule has 0 saturated heterocycles. The lowest BCUT2D eigenvalue weighted by molar-refractivity contribution is -0.116. The highest BCUT2D eigenvalue weighted by molar-refractivity contribution is 7.99. The van der Waals surface area contributed by atoms with Crippen molar-refractivity contribution in [1.29, 1.82) is 0 Å². The maximum atomic E-state index is 11.8. The van der Waals surface area contributed by atoms with Gasteiger partial charge in [0.15, 0.2) is 0 Å². The number of H-pyrrole nitrogens is 1. The van der Waals surface area contributed by atoms with Gasteiger partial charge in [-0.25, -0.2) is 0 Å². The Labute approximate surface area is 133 Å². The number of nitrogens with one attached hydrogen (secondary N) is 2. The third kappa shape index (κ3) is 5.10. The number of thioether (sulfide) groups is 1. The zero-order valence-corrected chi connectivity index (χ0v) is 13.4. The zero-order chi connectivity index (χ0) is 15.1. The highest BCUT2D eigenvalue weighted by atomic mass is 35.5. The molecule has 0 aliphatic rings. The summed E-state index contributed by atoms with van der Waals surface area (Å²) in [4.78, 5) is 13.0. The molecule has 1 aromatic heterocycles. The molecule has 112 valence electrons. The predicted molar refractivity (Wildman–Crippen MR) is 88.0 cm³/mol. The summed E-state index contributed by atoms with van der Waals surface area (Å²) in [6.07, 6.45) is 3.92. The molecule has 0 spiro atoms. The zero-order valence-electron chi connectivity index (χ0n) is 11.9. The summed E-state index contributed by atoms with van der Waals surface area (Å²) < 4.78 is 0. The number of rotatable bonds is 7. The van der Waals surface area contributed by atoms with Crippen molar-refractivity contribution in [3.8, 4) is 0 Å². The number of aromatic nitrogens is 2. The topological polar surface area (TPSA) is 57.8 Å². The van der Waals surface area contributed by atoms with Gasteiger partial charge in [-0.1, -0.05) is 18.5 Å². The van der Waals surface area contributed by atoms with E-state index >= 15 is 0 Å². The van der Waals surface area contributed by atoms with Gasteiger partial charge in [0.1, 0.15) is 5.82 Å². The molecule has 0 aliphatic carbocycles. The Bertz CT molecular complexity index is 583. The molecule has 0 saturated carbocycles. The number of nitrogens with zero attached hydrogens (tertiary/aromatic N) is 1. The molecule has 2 rings (SSSR count). The van der Waals surface area contributed by atoms with E-state index in [-0.39, 0.29) is 5.91 Å². The Morgan fingerprint density at radius 1 is 1.38 bits per heavy atom. The molecule has 2 aromatic rings. The van der Waals surface area contributed by atoms with Crippen LogP contribution in [0.25, 0.3) is 0 Å². The minimum Gasteiger partial charge on any atom is -0.311 e. The van der Waals surface area contributed by atoms with Crippen LogP contribution < -0.4 is 5.32 Å². The molecule has 4 nitrogen and oxygen atoms in total. The summed E-state index contributed by atoms with van der Waals surface area (Å²) in [7, 11) is 0. The van der Waals surface area contributed by atoms with Gasteiger partial charge in [-0.3, -0.25) is 9.89 Å². The van der Waals surface area contributed by atoms with Crippen molar-refractivity contribution in [3.63, 3.8) is 0 Å². The van der Waals surface area contributed by atoms with E-state index in [0.29, 0.717) is 12.2 Å². The van der Waals surface area contributed by atoms with Crippen LogP contribution in [0.1, 0.15) is 25.3 Å². The van der Waals surface area contributed by atoms with Crippen molar-refractivity contribution >= 4 is 35.1 Å². The third-order valence-electron chi connectivity index (χ3n) is 2.99. The van der Waals surface area contributed by atoms with Crippen LogP contribution in [0.3, 0.4) is 0 Å². The van der Waals surface area contributed by atoms with E-state index in [1.807, 2.05) is 31.2 Å². The largest absolute Gasteiger partial charge is 0.311 e. The Hall–Kier alpha value is -1.46. The fourth-order valence-electron chi connectivity index (χ4n) is 1.84. The second-order valence-corrected chi connectivity index (χ2v) is 6.18. The van der Waals surface area contributed by atoms with E-state index in [9.17, 15) is 4.79 Å². The number of anilines is 1. The molecule has 0 radical (unpaired) electrons. The fraction of sp³-hybridized carbons (Fsp3) is 0.333. The van der Waals surface area contributed by atoms with Gasteiger partial charge in [-0.2, -0.15) is 5.10 Å². The third-order valence-corrected chi connectivity index (χ3v) is 4.34. The molecule has 0 unspecified atom stereocenters. The Morgan fingerprint density at radius 3 is 2.86 bits per heavy atom. The average molecular weight is 324 g/mol. The van der Waals surface area contributed by atoms with Gasteiger partial charge in [-0.05, 0) is 42.9 Å². The first-order valence-corrected chi connectivity index (χ1v) is 8.26. The van der Waals surface area contributed by atoms with Crippen LogP contribution in [-0.4, -0.2) is 21.9 Å². The minimum absolute atomic E-state index is 0.0191. The molecule has 21 heavy (non-hydrogen) atoms. The molecule has 0 bridgehead atoms. The summed E-state index contributed by atoms with van der Waals surface area (Å²) in [6, 6.07) is 7.73. The monoisotopic (exact) mass is 323 g/mol. The van der Waals surface area contributed by atoms with Gasteiger partial charge in [0.05, 0.1) is 6.20 Å². The first kappa shape index (κ1) is 15.9. The second kappa shape index (κ2) is 8.10. The summed E-state index contributed by atoms with van der Waals surface area (Å²) in [5.41, 5.74) is 1.03. The number of carbonyl (C=O) groups is 1. The second-order valence-electron chi connectivity index (χ2n) is 4.58. The van der Waals surface area contributed by atoms with Crippen molar-refractivity contribution in [2.45, 2.75) is 31.1 Å². The minimum atomic E-state index is 0.0191. The van der Waals surface area contributed by atoms with Crippen molar-refractivity contribution in [2.75, 3.05) is 11.1 Å². The number of benzene rings is 1. The molecular weight excluding hydrogens is 306 g/mol. The number of hydrogen-bond acceptors (Lipinski definition) is 3. The van der Waals surface area contributed by atoms with E-state index in [1.165, 1.54) is 4.90 Å². The summed E-state index contributed by atoms with van der Waals surface area (Å²) in [5.74, 6) is 1.64. The Morgan fingerprint density at radius 2 is 2.14 bits per heavy atom. The summed E-state index contributed by atoms with van der Waals surface area (Å²) in [5, 5.41) is 10.3. The molecule has 1 amide bonds. The highest BCUT2D eigenvalue weighted by Gasteiger charge is 2.07. The van der Waals surface area contributed by atoms with Crippen LogP contribution in [0.5, 0.6) is 0 Å². The van der Waals surface area contributed by atoms with Gasteiger partial charge in [0.25, 0.3) is 0 Å². The molecule has 1 heterocycles. The predicted octanol–water partition coefficient (Wildman–Crippen LogP) is 4.14. The molecule has 0 atom stereocenters. The normalized spacial score (nSPS) is 10.6. The smallest absolute Gasteiger partial charge is 0.225 e. The number of carbonyl (C=O) groups excluding carboxylic acids is 1. The molecule has 0 aliphatic heterocycles. The number of hydrogen-bond donors (Lipinski definition) is 2. The SMILES string of the molecule is CCc1cn[nH]c1NC(=O)CCCSc1ccc(Cl)cc1. The van der Waals surface area contributed by atoms with Crippen LogP contribution in [0, 0.1) is 0 Å². The van der Waals surface area contributed by atoms with Crippen LogP contribution in [0.15, 0.2) is 35.4 Å². The average Bonchev–Trinajstić information content (AvgIpc) is 2.92. The van der Waals surface area contributed by atoms with E-state index in [4.69, 9.17) is 11.6 Å². The Balaban J connectivity index is 1.68. The maximum Gasteiger partial charge on any atom is 0.225 e. The van der Waals surface area contributed by atoms with E-state index in [2.05, 4.69) is 15.5 Å². The number of amides is 1. The van der Waals surface area contributed by atoms with Crippen molar-refractivity contribution < 1.29 is 4.79 Å². The van der Waals surface area contributed by atoms with Gasteiger partial charge in [-0.15, -0.1) is 11.8 Å². The van der Waals surface area contributed by atoms with Crippen LogP contribution in [0.2, 0.25) is 5.02 Å². The Kier molecular flexibility index (Phi) is 6.14. The van der Waals surface area contributed by atoms with Crippen LogP contribution in [-0.2, 0) is 11.2 Å². The highest BCUT2D eigenvalue weighted by Crippen LogP contribution is 2.21. The molecule has 0 fully saturated rings. The lowest BCUT2D eigenvalue weighted by atomic mass is 10.2. The standard InChI is InChI=1S/C15H18ClN3OS/c1-2-11-10-17-19-15(11)18-14(20)4-3-9-21-13-7-5-12(16)6-8-13/h5-8,10H,2-4,9H2,1H3,(H2,17,18,19,20). The molecule has 1 aromatic carbocycles. The van der Waals surface area contributed by atoms with E-state index in [1.54, 1.807) is 18.0 Å². The van der Waals surface area contributed by atoms with E-state index < -0.39 is 0 Å². The van der Waals surface area contributed by atoms with E-state index in [0.717, 1.165) is 29.2 Å². The van der Waals surface area contributed by atoms with Crippen LogP contribution >= 0.6 is 23.4 Å². The van der Waals surface area contributed by atoms with Gasteiger partial charge < -0.3 is 5.32 Å². The van der Waals surface area contributed by atoms with Gasteiger partial charge in [0, 0.05) is 21.9 Å². The van der Waals surface area contributed by atoms with Crippen molar-refractivity contribution in [1.82, 2.24) is 10.2 Å².